The molecule has 0 bridgehead atoms. The van der Waals surface area contributed by atoms with E-state index in [4.69, 9.17) is 5.73 Å². The quantitative estimate of drug-likeness (QED) is 0.875. The summed E-state index contributed by atoms with van der Waals surface area (Å²) < 4.78 is 0. The highest BCUT2D eigenvalue weighted by Crippen LogP contribution is 2.32. The van der Waals surface area contributed by atoms with Gasteiger partial charge in [-0.25, -0.2) is 0 Å². The molecule has 1 fully saturated rings. The summed E-state index contributed by atoms with van der Waals surface area (Å²) in [6.45, 7) is 6.90. The molecule has 0 radical (unpaired) electrons. The van der Waals surface area contributed by atoms with Crippen LogP contribution in [0, 0.1) is 5.92 Å². The van der Waals surface area contributed by atoms with Crippen molar-refractivity contribution in [3.8, 4) is 0 Å². The zero-order chi connectivity index (χ0) is 13.2. The van der Waals surface area contributed by atoms with E-state index >= 15 is 0 Å². The van der Waals surface area contributed by atoms with Crippen LogP contribution in [0.2, 0.25) is 0 Å². The molecule has 2 aliphatic rings. The predicted molar refractivity (Wildman–Crippen MR) is 80.4 cm³/mol. The van der Waals surface area contributed by atoms with Crippen molar-refractivity contribution in [3.05, 3.63) is 29.3 Å². The molecular formula is C16H25N3. The third-order valence-electron chi connectivity index (χ3n) is 4.82. The van der Waals surface area contributed by atoms with Crippen molar-refractivity contribution in [2.45, 2.75) is 32.2 Å². The Morgan fingerprint density at radius 2 is 2.16 bits per heavy atom. The van der Waals surface area contributed by atoms with Crippen LogP contribution in [0.25, 0.3) is 0 Å². The van der Waals surface area contributed by atoms with Crippen LogP contribution in [-0.2, 0) is 6.42 Å². The van der Waals surface area contributed by atoms with E-state index in [0.717, 1.165) is 13.0 Å². The van der Waals surface area contributed by atoms with Crippen molar-refractivity contribution < 1.29 is 0 Å². The Hall–Kier alpha value is -1.06. The lowest BCUT2D eigenvalue weighted by molar-refractivity contribution is 0.176. The van der Waals surface area contributed by atoms with Gasteiger partial charge in [0.15, 0.2) is 0 Å². The van der Waals surface area contributed by atoms with Gasteiger partial charge in [-0.05, 0) is 62.0 Å². The summed E-state index contributed by atoms with van der Waals surface area (Å²) in [7, 11) is 0. The van der Waals surface area contributed by atoms with Crippen LogP contribution in [-0.4, -0.2) is 31.1 Å². The minimum Gasteiger partial charge on any atom is -0.384 e. The number of likely N-dealkylation sites (tertiary alicyclic amines) is 1. The summed E-state index contributed by atoms with van der Waals surface area (Å²) in [5, 5.41) is 3.45. The van der Waals surface area contributed by atoms with Gasteiger partial charge >= 0.3 is 0 Å². The second-order valence-corrected chi connectivity index (χ2v) is 5.89. The van der Waals surface area contributed by atoms with Crippen LogP contribution in [0.5, 0.6) is 0 Å². The number of nitrogens with two attached hydrogens (primary N) is 1. The summed E-state index contributed by atoms with van der Waals surface area (Å²) in [6, 6.07) is 6.97. The van der Waals surface area contributed by atoms with Crippen LogP contribution in [0.4, 0.5) is 5.69 Å². The normalized spacial score (nSPS) is 22.0. The average molecular weight is 259 g/mol. The lowest BCUT2D eigenvalue weighted by Crippen LogP contribution is -2.37. The third kappa shape index (κ3) is 2.63. The molecule has 0 amide bonds. The summed E-state index contributed by atoms with van der Waals surface area (Å²) in [6.07, 6.45) is 3.62. The second-order valence-electron chi connectivity index (χ2n) is 5.89. The highest BCUT2D eigenvalue weighted by atomic mass is 15.1. The number of piperidine rings is 1. The highest BCUT2D eigenvalue weighted by Gasteiger charge is 2.25. The summed E-state index contributed by atoms with van der Waals surface area (Å²) in [5.41, 5.74) is 10.6. The summed E-state index contributed by atoms with van der Waals surface area (Å²) >= 11 is 0. The van der Waals surface area contributed by atoms with Gasteiger partial charge in [0.2, 0.25) is 0 Å². The number of hydrogen-bond acceptors (Lipinski definition) is 3. The van der Waals surface area contributed by atoms with Gasteiger partial charge in [0.25, 0.3) is 0 Å². The molecule has 2 heterocycles. The molecule has 3 N–H and O–H groups in total. The van der Waals surface area contributed by atoms with Crippen molar-refractivity contribution in [2.24, 2.45) is 11.7 Å². The molecule has 3 heteroatoms. The van der Waals surface area contributed by atoms with Gasteiger partial charge in [0, 0.05) is 18.3 Å². The van der Waals surface area contributed by atoms with E-state index in [1.807, 2.05) is 0 Å². The molecule has 104 valence electrons. The highest BCUT2D eigenvalue weighted by molar-refractivity contribution is 5.57. The standard InChI is InChI=1S/C16H25N3/c1-2-19-9-6-13(7-10-19)16(17)14-4-3-12-5-8-18-15(12)11-14/h3-4,11,13,16,18H,2,5-10,17H2,1H3. The topological polar surface area (TPSA) is 41.3 Å². The molecule has 1 aromatic rings. The molecule has 0 aromatic heterocycles. The van der Waals surface area contributed by atoms with Gasteiger partial charge in [-0.1, -0.05) is 19.1 Å². The fourth-order valence-electron chi connectivity index (χ4n) is 3.42. The van der Waals surface area contributed by atoms with Gasteiger partial charge in [-0.2, -0.15) is 0 Å². The molecule has 1 saturated heterocycles. The first-order chi connectivity index (χ1) is 9.28. The lowest BCUT2D eigenvalue weighted by Gasteiger charge is -2.34. The van der Waals surface area contributed by atoms with Crippen molar-refractivity contribution in [2.75, 3.05) is 31.5 Å². The van der Waals surface area contributed by atoms with E-state index in [1.165, 1.54) is 49.3 Å². The molecule has 0 spiro atoms. The number of rotatable bonds is 3. The number of hydrogen-bond donors (Lipinski definition) is 2. The first-order valence-electron chi connectivity index (χ1n) is 7.62. The van der Waals surface area contributed by atoms with Gasteiger partial charge in [0.05, 0.1) is 0 Å². The molecule has 0 saturated carbocycles. The van der Waals surface area contributed by atoms with E-state index in [1.54, 1.807) is 0 Å². The Kier molecular flexibility index (Phi) is 3.76. The van der Waals surface area contributed by atoms with Crippen molar-refractivity contribution in [1.29, 1.82) is 0 Å². The van der Waals surface area contributed by atoms with Crippen molar-refractivity contribution in [3.63, 3.8) is 0 Å². The fraction of sp³-hybridized carbons (Fsp3) is 0.625. The van der Waals surface area contributed by atoms with E-state index in [-0.39, 0.29) is 6.04 Å². The third-order valence-corrected chi connectivity index (χ3v) is 4.82. The lowest BCUT2D eigenvalue weighted by atomic mass is 9.85. The number of benzene rings is 1. The van der Waals surface area contributed by atoms with E-state index in [2.05, 4.69) is 35.3 Å². The largest absolute Gasteiger partial charge is 0.384 e. The Morgan fingerprint density at radius 1 is 1.37 bits per heavy atom. The van der Waals surface area contributed by atoms with Crippen LogP contribution in [0.1, 0.15) is 36.9 Å². The molecule has 3 rings (SSSR count). The number of nitrogens with one attached hydrogen (secondary N) is 1. The molecule has 1 unspecified atom stereocenters. The molecule has 19 heavy (non-hydrogen) atoms. The van der Waals surface area contributed by atoms with Crippen LogP contribution >= 0.6 is 0 Å². The average Bonchev–Trinajstić information content (AvgIpc) is 2.94. The van der Waals surface area contributed by atoms with Gasteiger partial charge in [0.1, 0.15) is 0 Å². The molecular weight excluding hydrogens is 234 g/mol. The molecule has 3 nitrogen and oxygen atoms in total. The molecule has 2 aliphatic heterocycles. The Morgan fingerprint density at radius 3 is 2.89 bits per heavy atom. The van der Waals surface area contributed by atoms with Crippen LogP contribution in [0.3, 0.4) is 0 Å². The maximum atomic E-state index is 6.50. The molecule has 1 atom stereocenters. The monoisotopic (exact) mass is 259 g/mol. The zero-order valence-corrected chi connectivity index (χ0v) is 11.9. The summed E-state index contributed by atoms with van der Waals surface area (Å²) in [4.78, 5) is 2.52. The van der Waals surface area contributed by atoms with Crippen LogP contribution in [0.15, 0.2) is 18.2 Å². The number of anilines is 1. The number of fused-ring (bicyclic) bond motifs is 1. The smallest absolute Gasteiger partial charge is 0.0376 e. The van der Waals surface area contributed by atoms with Gasteiger partial charge in [-0.3, -0.25) is 0 Å². The Balaban J connectivity index is 1.68. The van der Waals surface area contributed by atoms with Gasteiger partial charge in [-0.15, -0.1) is 0 Å². The maximum absolute atomic E-state index is 6.50. The Bertz CT molecular complexity index is 436. The zero-order valence-electron chi connectivity index (χ0n) is 11.9. The molecule has 1 aromatic carbocycles. The van der Waals surface area contributed by atoms with Gasteiger partial charge < -0.3 is 16.0 Å². The van der Waals surface area contributed by atoms with Crippen molar-refractivity contribution in [1.82, 2.24) is 4.90 Å². The first-order valence-corrected chi connectivity index (χ1v) is 7.62. The van der Waals surface area contributed by atoms with E-state index in [0.29, 0.717) is 5.92 Å². The maximum Gasteiger partial charge on any atom is 0.0376 e. The predicted octanol–water partition coefficient (Wildman–Crippen LogP) is 2.39. The Labute approximate surface area is 116 Å². The fourth-order valence-corrected chi connectivity index (χ4v) is 3.42. The molecule has 0 aliphatic carbocycles. The van der Waals surface area contributed by atoms with E-state index < -0.39 is 0 Å². The minimum atomic E-state index is 0.201. The first kappa shape index (κ1) is 12.9. The van der Waals surface area contributed by atoms with Crippen molar-refractivity contribution >= 4 is 5.69 Å². The minimum absolute atomic E-state index is 0.201. The van der Waals surface area contributed by atoms with E-state index in [9.17, 15) is 0 Å². The second kappa shape index (κ2) is 5.51. The number of nitrogens with zero attached hydrogens (tertiary/aromatic N) is 1. The SMILES string of the molecule is CCN1CCC(C(N)c2ccc3c(c2)NCC3)CC1. The van der Waals surface area contributed by atoms with Crippen LogP contribution < -0.4 is 11.1 Å². The summed E-state index contributed by atoms with van der Waals surface area (Å²) in [5.74, 6) is 0.641.